The van der Waals surface area contributed by atoms with Crippen LogP contribution in [0.15, 0.2) is 78.9 Å². The molecule has 1 fully saturated rings. The van der Waals surface area contributed by atoms with E-state index in [0.717, 1.165) is 17.7 Å². The van der Waals surface area contributed by atoms with E-state index in [4.69, 9.17) is 16.3 Å². The molecule has 0 bridgehead atoms. The quantitative estimate of drug-likeness (QED) is 0.558. The number of nitrogens with zero attached hydrogens (tertiary/aromatic N) is 2. The Morgan fingerprint density at radius 1 is 0.818 bits per heavy atom. The number of carbonyl (C=O) groups is 2. The van der Waals surface area contributed by atoms with Gasteiger partial charge in [-0.1, -0.05) is 41.9 Å². The van der Waals surface area contributed by atoms with Crippen LogP contribution in [0.3, 0.4) is 0 Å². The molecule has 1 aliphatic heterocycles. The van der Waals surface area contributed by atoms with Gasteiger partial charge >= 0.3 is 6.03 Å². The summed E-state index contributed by atoms with van der Waals surface area (Å²) in [6.45, 7) is 2.64. The third-order valence-corrected chi connectivity index (χ3v) is 5.77. The first-order chi connectivity index (χ1) is 16.1. The van der Waals surface area contributed by atoms with Gasteiger partial charge in [0.05, 0.1) is 0 Å². The average molecular weight is 464 g/mol. The van der Waals surface area contributed by atoms with Crippen molar-refractivity contribution in [3.8, 4) is 5.75 Å². The van der Waals surface area contributed by atoms with Crippen molar-refractivity contribution in [1.82, 2.24) is 9.80 Å². The van der Waals surface area contributed by atoms with Crippen LogP contribution in [0.2, 0.25) is 5.02 Å². The normalized spacial score (nSPS) is 13.8. The molecule has 7 heteroatoms. The van der Waals surface area contributed by atoms with E-state index in [1.54, 1.807) is 46.2 Å². The smallest absolute Gasteiger partial charge is 0.321 e. The van der Waals surface area contributed by atoms with E-state index in [0.29, 0.717) is 49.1 Å². The third kappa shape index (κ3) is 6.26. The molecular formula is C26H26ClN3O3. The first-order valence-corrected chi connectivity index (χ1v) is 11.3. The molecule has 170 valence electrons. The zero-order chi connectivity index (χ0) is 23.0. The SMILES string of the molecule is O=C(Nc1ccc(Cl)cc1)N1CCCN(C(=O)c2ccc(OCc3ccccc3)cc2)CC1. The molecule has 1 saturated heterocycles. The average Bonchev–Trinajstić information content (AvgIpc) is 3.11. The molecule has 0 aliphatic carbocycles. The van der Waals surface area contributed by atoms with Gasteiger partial charge in [-0.05, 0) is 60.5 Å². The molecule has 3 amide bonds. The first kappa shape index (κ1) is 22.7. The van der Waals surface area contributed by atoms with E-state index >= 15 is 0 Å². The minimum Gasteiger partial charge on any atom is -0.489 e. The maximum atomic E-state index is 13.0. The molecule has 0 radical (unpaired) electrons. The van der Waals surface area contributed by atoms with Gasteiger partial charge in [-0.15, -0.1) is 0 Å². The maximum absolute atomic E-state index is 13.0. The summed E-state index contributed by atoms with van der Waals surface area (Å²) in [5.41, 5.74) is 2.39. The summed E-state index contributed by atoms with van der Waals surface area (Å²) in [5.74, 6) is 0.681. The summed E-state index contributed by atoms with van der Waals surface area (Å²) < 4.78 is 5.80. The molecule has 4 rings (SSSR count). The van der Waals surface area contributed by atoms with Crippen LogP contribution in [0.1, 0.15) is 22.3 Å². The lowest BCUT2D eigenvalue weighted by atomic mass is 10.2. The molecule has 6 nitrogen and oxygen atoms in total. The highest BCUT2D eigenvalue weighted by Crippen LogP contribution is 2.18. The summed E-state index contributed by atoms with van der Waals surface area (Å²) in [6, 6.07) is 24.0. The van der Waals surface area contributed by atoms with Crippen LogP contribution in [0.5, 0.6) is 5.75 Å². The zero-order valence-corrected chi connectivity index (χ0v) is 19.0. The number of amides is 3. The van der Waals surface area contributed by atoms with Gasteiger partial charge in [-0.25, -0.2) is 4.79 Å². The highest BCUT2D eigenvalue weighted by Gasteiger charge is 2.23. The predicted molar refractivity (Wildman–Crippen MR) is 130 cm³/mol. The van der Waals surface area contributed by atoms with Crippen LogP contribution >= 0.6 is 11.6 Å². The van der Waals surface area contributed by atoms with Crippen LogP contribution in [-0.2, 0) is 6.61 Å². The highest BCUT2D eigenvalue weighted by atomic mass is 35.5. The Morgan fingerprint density at radius 2 is 1.48 bits per heavy atom. The number of urea groups is 1. The minimum atomic E-state index is -0.175. The topological polar surface area (TPSA) is 61.9 Å². The van der Waals surface area contributed by atoms with Crippen molar-refractivity contribution in [3.05, 3.63) is 95.0 Å². The fraction of sp³-hybridized carbons (Fsp3) is 0.231. The van der Waals surface area contributed by atoms with Crippen LogP contribution in [0, 0.1) is 0 Å². The Morgan fingerprint density at radius 3 is 2.21 bits per heavy atom. The number of hydrogen-bond donors (Lipinski definition) is 1. The molecule has 1 heterocycles. The fourth-order valence-corrected chi connectivity index (χ4v) is 3.80. The van der Waals surface area contributed by atoms with Gasteiger partial charge < -0.3 is 19.9 Å². The van der Waals surface area contributed by atoms with Crippen molar-refractivity contribution in [2.24, 2.45) is 0 Å². The second-order valence-electron chi connectivity index (χ2n) is 7.87. The van der Waals surface area contributed by atoms with E-state index in [-0.39, 0.29) is 11.9 Å². The number of benzene rings is 3. The summed E-state index contributed by atoms with van der Waals surface area (Å²) in [5, 5.41) is 3.50. The number of rotatable bonds is 5. The number of ether oxygens (including phenoxy) is 1. The standard InChI is InChI=1S/C26H26ClN3O3/c27-22-9-11-23(12-10-22)28-26(32)30-16-4-15-29(17-18-30)25(31)21-7-13-24(14-8-21)33-19-20-5-2-1-3-6-20/h1-3,5-14H,4,15-19H2,(H,28,32). The van der Waals surface area contributed by atoms with Crippen LogP contribution < -0.4 is 10.1 Å². The van der Waals surface area contributed by atoms with Gasteiger partial charge in [0.25, 0.3) is 5.91 Å². The molecular weight excluding hydrogens is 438 g/mol. The summed E-state index contributed by atoms with van der Waals surface area (Å²) in [4.78, 5) is 29.2. The van der Waals surface area contributed by atoms with Gasteiger partial charge in [-0.2, -0.15) is 0 Å². The summed E-state index contributed by atoms with van der Waals surface area (Å²) >= 11 is 5.90. The lowest BCUT2D eigenvalue weighted by Crippen LogP contribution is -2.39. The van der Waals surface area contributed by atoms with E-state index in [1.165, 1.54) is 0 Å². The third-order valence-electron chi connectivity index (χ3n) is 5.52. The van der Waals surface area contributed by atoms with E-state index in [2.05, 4.69) is 5.32 Å². The predicted octanol–water partition coefficient (Wildman–Crippen LogP) is 5.30. The molecule has 1 aliphatic rings. The van der Waals surface area contributed by atoms with Gasteiger partial charge in [0.1, 0.15) is 12.4 Å². The molecule has 3 aromatic rings. The molecule has 0 unspecified atom stereocenters. The van der Waals surface area contributed by atoms with Gasteiger partial charge in [0, 0.05) is 42.5 Å². The molecule has 0 aromatic heterocycles. The summed E-state index contributed by atoms with van der Waals surface area (Å²) in [6.07, 6.45) is 0.720. The van der Waals surface area contributed by atoms with Gasteiger partial charge in [-0.3, -0.25) is 4.79 Å². The second kappa shape index (κ2) is 10.9. The molecule has 1 N–H and O–H groups in total. The Hall–Kier alpha value is -3.51. The minimum absolute atomic E-state index is 0.0374. The lowest BCUT2D eigenvalue weighted by molar-refractivity contribution is 0.0762. The van der Waals surface area contributed by atoms with E-state index in [9.17, 15) is 9.59 Å². The molecule has 0 saturated carbocycles. The number of halogens is 1. The molecule has 3 aromatic carbocycles. The van der Waals surface area contributed by atoms with Crippen LogP contribution in [0.4, 0.5) is 10.5 Å². The van der Waals surface area contributed by atoms with Crippen molar-refractivity contribution in [2.75, 3.05) is 31.5 Å². The van der Waals surface area contributed by atoms with Gasteiger partial charge in [0.2, 0.25) is 0 Å². The highest BCUT2D eigenvalue weighted by molar-refractivity contribution is 6.30. The Labute approximate surface area is 198 Å². The number of nitrogens with one attached hydrogen (secondary N) is 1. The van der Waals surface area contributed by atoms with E-state index < -0.39 is 0 Å². The van der Waals surface area contributed by atoms with Crippen molar-refractivity contribution >= 4 is 29.2 Å². The Kier molecular flexibility index (Phi) is 7.47. The largest absolute Gasteiger partial charge is 0.489 e. The van der Waals surface area contributed by atoms with Crippen molar-refractivity contribution < 1.29 is 14.3 Å². The molecule has 0 atom stereocenters. The van der Waals surface area contributed by atoms with Crippen molar-refractivity contribution in [2.45, 2.75) is 13.0 Å². The van der Waals surface area contributed by atoms with Crippen molar-refractivity contribution in [3.63, 3.8) is 0 Å². The maximum Gasteiger partial charge on any atom is 0.321 e. The first-order valence-electron chi connectivity index (χ1n) is 11.0. The van der Waals surface area contributed by atoms with Crippen LogP contribution in [0.25, 0.3) is 0 Å². The number of hydrogen-bond acceptors (Lipinski definition) is 3. The Balaban J connectivity index is 1.29. The lowest BCUT2D eigenvalue weighted by Gasteiger charge is -2.22. The number of carbonyl (C=O) groups excluding carboxylic acids is 2. The zero-order valence-electron chi connectivity index (χ0n) is 18.2. The van der Waals surface area contributed by atoms with E-state index in [1.807, 2.05) is 42.5 Å². The van der Waals surface area contributed by atoms with Gasteiger partial charge in [0.15, 0.2) is 0 Å². The summed E-state index contributed by atoms with van der Waals surface area (Å²) in [7, 11) is 0. The van der Waals surface area contributed by atoms with Crippen LogP contribution in [-0.4, -0.2) is 47.9 Å². The second-order valence-corrected chi connectivity index (χ2v) is 8.30. The monoisotopic (exact) mass is 463 g/mol. The fourth-order valence-electron chi connectivity index (χ4n) is 3.68. The van der Waals surface area contributed by atoms with Crippen molar-refractivity contribution in [1.29, 1.82) is 0 Å². The molecule has 0 spiro atoms. The number of anilines is 1. The Bertz CT molecular complexity index is 1070. The molecule has 33 heavy (non-hydrogen) atoms.